The molecule has 2 atom stereocenters. The van der Waals surface area contributed by atoms with Crippen LogP contribution in [0.5, 0.6) is 0 Å². The Hall–Kier alpha value is -1.60. The lowest BCUT2D eigenvalue weighted by atomic mass is 10.1. The van der Waals surface area contributed by atoms with Crippen LogP contribution in [0.4, 0.5) is 0 Å². The fraction of sp³-hybridized carbons (Fsp3) is 0.294. The van der Waals surface area contributed by atoms with Crippen molar-refractivity contribution in [1.82, 2.24) is 0 Å². The van der Waals surface area contributed by atoms with Crippen LogP contribution in [-0.2, 0) is 11.3 Å². The van der Waals surface area contributed by atoms with E-state index in [-0.39, 0.29) is 0 Å². The second kappa shape index (κ2) is 5.36. The zero-order chi connectivity index (χ0) is 12.2. The van der Waals surface area contributed by atoms with Crippen LogP contribution in [0.2, 0.25) is 0 Å². The number of hydrogen-bond acceptors (Lipinski definition) is 1. The molecule has 0 bridgehead atoms. The Morgan fingerprint density at radius 3 is 2.28 bits per heavy atom. The summed E-state index contributed by atoms with van der Waals surface area (Å²) in [5, 5.41) is 0. The van der Waals surface area contributed by atoms with E-state index in [4.69, 9.17) is 4.74 Å². The van der Waals surface area contributed by atoms with Gasteiger partial charge in [0.25, 0.3) is 0 Å². The van der Waals surface area contributed by atoms with E-state index in [9.17, 15) is 0 Å². The lowest BCUT2D eigenvalue weighted by molar-refractivity contribution is 0.110. The molecule has 0 saturated heterocycles. The van der Waals surface area contributed by atoms with Crippen molar-refractivity contribution in [3.63, 3.8) is 0 Å². The monoisotopic (exact) mass is 238 g/mol. The maximum Gasteiger partial charge on any atom is 0.0717 e. The van der Waals surface area contributed by atoms with Crippen molar-refractivity contribution in [1.29, 1.82) is 0 Å². The number of hydrogen-bond donors (Lipinski definition) is 0. The molecular weight excluding hydrogens is 220 g/mol. The summed E-state index contributed by atoms with van der Waals surface area (Å²) in [4.78, 5) is 0. The molecule has 18 heavy (non-hydrogen) atoms. The second-order valence-corrected chi connectivity index (χ2v) is 5.01. The van der Waals surface area contributed by atoms with Crippen molar-refractivity contribution in [3.8, 4) is 0 Å². The van der Waals surface area contributed by atoms with Crippen LogP contribution >= 0.6 is 0 Å². The molecule has 0 N–H and O–H groups in total. The summed E-state index contributed by atoms with van der Waals surface area (Å²) in [5.74, 6) is 1.44. The van der Waals surface area contributed by atoms with Crippen LogP contribution in [0.15, 0.2) is 60.7 Å². The highest BCUT2D eigenvalue weighted by Gasteiger charge is 2.37. The van der Waals surface area contributed by atoms with Crippen molar-refractivity contribution in [2.24, 2.45) is 5.92 Å². The van der Waals surface area contributed by atoms with Crippen LogP contribution in [0.1, 0.15) is 23.5 Å². The van der Waals surface area contributed by atoms with Crippen LogP contribution in [-0.4, -0.2) is 6.61 Å². The molecule has 2 aromatic carbocycles. The highest BCUT2D eigenvalue weighted by Crippen LogP contribution is 2.47. The molecule has 0 unspecified atom stereocenters. The molecule has 92 valence electrons. The Kier molecular flexibility index (Phi) is 3.42. The first kappa shape index (κ1) is 11.5. The second-order valence-electron chi connectivity index (χ2n) is 5.01. The lowest BCUT2D eigenvalue weighted by Crippen LogP contribution is -1.98. The van der Waals surface area contributed by atoms with Crippen LogP contribution < -0.4 is 0 Å². The van der Waals surface area contributed by atoms with Crippen LogP contribution in [0.3, 0.4) is 0 Å². The summed E-state index contributed by atoms with van der Waals surface area (Å²) in [6.07, 6.45) is 1.28. The molecule has 0 aromatic heterocycles. The third kappa shape index (κ3) is 2.80. The molecule has 1 saturated carbocycles. The molecule has 0 spiro atoms. The van der Waals surface area contributed by atoms with Crippen molar-refractivity contribution < 1.29 is 4.74 Å². The number of ether oxygens (including phenoxy) is 1. The van der Waals surface area contributed by atoms with Gasteiger partial charge in [0.15, 0.2) is 0 Å². The summed E-state index contributed by atoms with van der Waals surface area (Å²) in [6, 6.07) is 21.1. The van der Waals surface area contributed by atoms with Crippen molar-refractivity contribution >= 4 is 0 Å². The van der Waals surface area contributed by atoms with E-state index >= 15 is 0 Å². The largest absolute Gasteiger partial charge is 0.376 e. The highest BCUT2D eigenvalue weighted by atomic mass is 16.5. The first-order valence-corrected chi connectivity index (χ1v) is 6.60. The predicted molar refractivity (Wildman–Crippen MR) is 73.4 cm³/mol. The van der Waals surface area contributed by atoms with Crippen molar-refractivity contribution in [2.45, 2.75) is 18.9 Å². The first-order valence-electron chi connectivity index (χ1n) is 6.60. The molecule has 1 nitrogen and oxygen atoms in total. The lowest BCUT2D eigenvalue weighted by Gasteiger charge is -2.04. The van der Waals surface area contributed by atoms with Gasteiger partial charge in [0.1, 0.15) is 0 Å². The third-order valence-electron chi connectivity index (χ3n) is 3.59. The summed E-state index contributed by atoms with van der Waals surface area (Å²) in [6.45, 7) is 1.62. The van der Waals surface area contributed by atoms with E-state index in [1.165, 1.54) is 17.5 Å². The Labute approximate surface area is 108 Å². The molecule has 1 aliphatic carbocycles. The third-order valence-corrected chi connectivity index (χ3v) is 3.59. The van der Waals surface area contributed by atoms with E-state index < -0.39 is 0 Å². The van der Waals surface area contributed by atoms with Gasteiger partial charge in [-0.1, -0.05) is 60.7 Å². The van der Waals surface area contributed by atoms with Gasteiger partial charge < -0.3 is 4.74 Å². The molecular formula is C17H18O. The van der Waals surface area contributed by atoms with Crippen LogP contribution in [0.25, 0.3) is 0 Å². The average Bonchev–Trinajstić information content (AvgIpc) is 3.21. The van der Waals surface area contributed by atoms with E-state index in [0.29, 0.717) is 0 Å². The number of rotatable bonds is 5. The maximum atomic E-state index is 5.80. The molecule has 0 radical (unpaired) electrons. The Morgan fingerprint density at radius 2 is 1.56 bits per heavy atom. The molecule has 0 aliphatic heterocycles. The maximum absolute atomic E-state index is 5.80. The van der Waals surface area contributed by atoms with Crippen LogP contribution in [0, 0.1) is 5.92 Å². The quantitative estimate of drug-likeness (QED) is 0.764. The van der Waals surface area contributed by atoms with E-state index in [2.05, 4.69) is 54.6 Å². The fourth-order valence-electron chi connectivity index (χ4n) is 2.44. The molecule has 3 rings (SSSR count). The standard InChI is InChI=1S/C17H18O/c1-3-7-14(8-4-1)12-18-13-16-11-17(16)15-9-5-2-6-10-15/h1-10,16-17H,11-13H2/t16-,17-/m0/s1. The van der Waals surface area contributed by atoms with Gasteiger partial charge in [-0.05, 0) is 29.4 Å². The summed E-state index contributed by atoms with van der Waals surface area (Å²) in [7, 11) is 0. The van der Waals surface area contributed by atoms with Gasteiger partial charge in [-0.15, -0.1) is 0 Å². The fourth-order valence-corrected chi connectivity index (χ4v) is 2.44. The smallest absolute Gasteiger partial charge is 0.0717 e. The molecule has 1 heteroatoms. The summed E-state index contributed by atoms with van der Waals surface area (Å²) in [5.41, 5.74) is 2.72. The van der Waals surface area contributed by atoms with Gasteiger partial charge in [-0.25, -0.2) is 0 Å². The van der Waals surface area contributed by atoms with Gasteiger partial charge in [-0.3, -0.25) is 0 Å². The molecule has 1 aliphatic rings. The van der Waals surface area contributed by atoms with Gasteiger partial charge >= 0.3 is 0 Å². The van der Waals surface area contributed by atoms with Crippen molar-refractivity contribution in [2.75, 3.05) is 6.61 Å². The molecule has 2 aromatic rings. The Morgan fingerprint density at radius 1 is 0.889 bits per heavy atom. The minimum atomic E-state index is 0.719. The van der Waals surface area contributed by atoms with E-state index in [0.717, 1.165) is 25.0 Å². The predicted octanol–water partition coefficient (Wildman–Crippen LogP) is 4.01. The highest BCUT2D eigenvalue weighted by molar-refractivity contribution is 5.25. The molecule has 1 fully saturated rings. The first-order chi connectivity index (χ1) is 8.93. The zero-order valence-corrected chi connectivity index (χ0v) is 10.5. The Balaban J connectivity index is 1.44. The summed E-state index contributed by atoms with van der Waals surface area (Å²) < 4.78 is 5.80. The minimum Gasteiger partial charge on any atom is -0.376 e. The topological polar surface area (TPSA) is 9.23 Å². The van der Waals surface area contributed by atoms with Gasteiger partial charge in [0.2, 0.25) is 0 Å². The molecule has 0 heterocycles. The van der Waals surface area contributed by atoms with Gasteiger partial charge in [0.05, 0.1) is 13.2 Å². The van der Waals surface area contributed by atoms with E-state index in [1.54, 1.807) is 0 Å². The molecule has 0 amide bonds. The minimum absolute atomic E-state index is 0.719. The van der Waals surface area contributed by atoms with Crippen molar-refractivity contribution in [3.05, 3.63) is 71.8 Å². The SMILES string of the molecule is c1ccc(COC[C@@H]2C[C@H]2c2ccccc2)cc1. The van der Waals surface area contributed by atoms with Gasteiger partial charge in [-0.2, -0.15) is 0 Å². The van der Waals surface area contributed by atoms with E-state index in [1.807, 2.05) is 6.07 Å². The number of benzene rings is 2. The zero-order valence-electron chi connectivity index (χ0n) is 10.5. The summed E-state index contributed by atoms with van der Waals surface area (Å²) >= 11 is 0. The Bertz CT molecular complexity index is 477. The normalized spacial score (nSPS) is 21.8. The average molecular weight is 238 g/mol. The van der Waals surface area contributed by atoms with Gasteiger partial charge in [0, 0.05) is 0 Å².